The Kier molecular flexibility index (Phi) is 6.33. The third kappa shape index (κ3) is 5.44. The van der Waals surface area contributed by atoms with Gasteiger partial charge in [0.25, 0.3) is 0 Å². The SMILES string of the molecule is NC(=O)CSc1ccccc1NC(=O)NC[C@H]1CC=CCC1. The summed E-state index contributed by atoms with van der Waals surface area (Å²) in [4.78, 5) is 23.7. The molecule has 0 unspecified atom stereocenters. The number of amides is 3. The van der Waals surface area contributed by atoms with E-state index in [0.717, 1.165) is 24.2 Å². The molecule has 1 atom stereocenters. The molecular formula is C16H21N3O2S. The van der Waals surface area contributed by atoms with Crippen molar-refractivity contribution in [2.24, 2.45) is 11.7 Å². The van der Waals surface area contributed by atoms with Crippen molar-refractivity contribution in [3.63, 3.8) is 0 Å². The van der Waals surface area contributed by atoms with Crippen molar-refractivity contribution >= 4 is 29.4 Å². The van der Waals surface area contributed by atoms with Gasteiger partial charge >= 0.3 is 6.03 Å². The summed E-state index contributed by atoms with van der Waals surface area (Å²) in [6.07, 6.45) is 7.57. The second-order valence-electron chi connectivity index (χ2n) is 5.24. The van der Waals surface area contributed by atoms with Crippen molar-refractivity contribution in [2.75, 3.05) is 17.6 Å². The topological polar surface area (TPSA) is 84.2 Å². The molecule has 0 fully saturated rings. The summed E-state index contributed by atoms with van der Waals surface area (Å²) in [5, 5.41) is 5.74. The van der Waals surface area contributed by atoms with Gasteiger partial charge in [-0.3, -0.25) is 4.79 Å². The summed E-state index contributed by atoms with van der Waals surface area (Å²) in [6.45, 7) is 0.673. The first kappa shape index (κ1) is 16.4. The molecule has 1 aromatic rings. The number of nitrogens with one attached hydrogen (secondary N) is 2. The molecule has 0 saturated carbocycles. The van der Waals surface area contributed by atoms with E-state index in [0.29, 0.717) is 18.2 Å². The van der Waals surface area contributed by atoms with Crippen LogP contribution in [0.5, 0.6) is 0 Å². The summed E-state index contributed by atoms with van der Waals surface area (Å²) >= 11 is 1.32. The van der Waals surface area contributed by atoms with E-state index in [2.05, 4.69) is 22.8 Å². The van der Waals surface area contributed by atoms with E-state index in [1.54, 1.807) is 0 Å². The lowest BCUT2D eigenvalue weighted by molar-refractivity contribution is -0.115. The van der Waals surface area contributed by atoms with Crippen LogP contribution < -0.4 is 16.4 Å². The fourth-order valence-corrected chi connectivity index (χ4v) is 3.04. The molecule has 0 radical (unpaired) electrons. The number of primary amides is 1. The van der Waals surface area contributed by atoms with Gasteiger partial charge in [0, 0.05) is 11.4 Å². The molecule has 0 aliphatic heterocycles. The van der Waals surface area contributed by atoms with Gasteiger partial charge in [0.15, 0.2) is 0 Å². The average Bonchev–Trinajstić information content (AvgIpc) is 2.53. The fourth-order valence-electron chi connectivity index (χ4n) is 2.29. The van der Waals surface area contributed by atoms with Gasteiger partial charge in [0.1, 0.15) is 0 Å². The lowest BCUT2D eigenvalue weighted by atomic mass is 9.94. The number of carbonyl (C=O) groups excluding carboxylic acids is 2. The minimum atomic E-state index is -0.380. The highest BCUT2D eigenvalue weighted by molar-refractivity contribution is 8.00. The van der Waals surface area contributed by atoms with Gasteiger partial charge in [-0.1, -0.05) is 24.3 Å². The largest absolute Gasteiger partial charge is 0.369 e. The molecule has 118 valence electrons. The van der Waals surface area contributed by atoms with E-state index in [1.165, 1.54) is 11.8 Å². The lowest BCUT2D eigenvalue weighted by Gasteiger charge is -2.18. The van der Waals surface area contributed by atoms with Crippen LogP contribution in [0.3, 0.4) is 0 Å². The van der Waals surface area contributed by atoms with E-state index in [9.17, 15) is 9.59 Å². The van der Waals surface area contributed by atoms with Crippen molar-refractivity contribution in [3.05, 3.63) is 36.4 Å². The van der Waals surface area contributed by atoms with Crippen molar-refractivity contribution < 1.29 is 9.59 Å². The van der Waals surface area contributed by atoms with Crippen LogP contribution in [-0.2, 0) is 4.79 Å². The predicted octanol–water partition coefficient (Wildman–Crippen LogP) is 2.74. The highest BCUT2D eigenvalue weighted by Gasteiger charge is 2.12. The first-order chi connectivity index (χ1) is 10.6. The van der Waals surface area contributed by atoms with Crippen LogP contribution in [0.1, 0.15) is 19.3 Å². The molecule has 0 saturated heterocycles. The molecule has 0 aromatic heterocycles. The zero-order valence-electron chi connectivity index (χ0n) is 12.4. The summed E-state index contributed by atoms with van der Waals surface area (Å²) in [5.41, 5.74) is 5.85. The first-order valence-corrected chi connectivity index (χ1v) is 8.33. The van der Waals surface area contributed by atoms with Crippen LogP contribution in [0.25, 0.3) is 0 Å². The molecule has 0 bridgehead atoms. The number of para-hydroxylation sites is 1. The van der Waals surface area contributed by atoms with Gasteiger partial charge in [0.05, 0.1) is 11.4 Å². The molecule has 4 N–H and O–H groups in total. The maximum absolute atomic E-state index is 12.0. The minimum absolute atomic E-state index is 0.189. The third-order valence-electron chi connectivity index (χ3n) is 3.43. The molecule has 6 heteroatoms. The van der Waals surface area contributed by atoms with Gasteiger partial charge in [-0.05, 0) is 37.3 Å². The molecule has 1 aromatic carbocycles. The Morgan fingerprint density at radius 2 is 2.09 bits per heavy atom. The Morgan fingerprint density at radius 3 is 2.82 bits per heavy atom. The monoisotopic (exact) mass is 319 g/mol. The Hall–Kier alpha value is -1.95. The maximum Gasteiger partial charge on any atom is 0.319 e. The zero-order chi connectivity index (χ0) is 15.8. The smallest absolute Gasteiger partial charge is 0.319 e. The molecule has 5 nitrogen and oxygen atoms in total. The van der Waals surface area contributed by atoms with Crippen LogP contribution in [0.15, 0.2) is 41.3 Å². The molecule has 1 aliphatic rings. The number of urea groups is 1. The van der Waals surface area contributed by atoms with Crippen molar-refractivity contribution in [2.45, 2.75) is 24.2 Å². The minimum Gasteiger partial charge on any atom is -0.369 e. The van der Waals surface area contributed by atoms with E-state index in [4.69, 9.17) is 5.73 Å². The normalized spacial score (nSPS) is 17.0. The van der Waals surface area contributed by atoms with Gasteiger partial charge in [-0.15, -0.1) is 11.8 Å². The Balaban J connectivity index is 1.85. The molecular weight excluding hydrogens is 298 g/mol. The second kappa shape index (κ2) is 8.48. The highest BCUT2D eigenvalue weighted by Crippen LogP contribution is 2.26. The number of benzene rings is 1. The summed E-state index contributed by atoms with van der Waals surface area (Å²) in [5.74, 6) is 0.319. The number of carbonyl (C=O) groups is 2. The number of thioether (sulfide) groups is 1. The molecule has 0 heterocycles. The second-order valence-corrected chi connectivity index (χ2v) is 6.25. The maximum atomic E-state index is 12.0. The Morgan fingerprint density at radius 1 is 1.27 bits per heavy atom. The number of allylic oxidation sites excluding steroid dienone is 2. The molecule has 22 heavy (non-hydrogen) atoms. The number of nitrogens with two attached hydrogens (primary N) is 1. The van der Waals surface area contributed by atoms with Crippen molar-refractivity contribution in [1.82, 2.24) is 5.32 Å². The van der Waals surface area contributed by atoms with Crippen LogP contribution in [0, 0.1) is 5.92 Å². The molecule has 2 rings (SSSR count). The number of hydrogen-bond donors (Lipinski definition) is 3. The highest BCUT2D eigenvalue weighted by atomic mass is 32.2. The molecule has 0 spiro atoms. The Bertz CT molecular complexity index is 560. The lowest BCUT2D eigenvalue weighted by Crippen LogP contribution is -2.33. The van der Waals surface area contributed by atoms with Crippen LogP contribution in [0.4, 0.5) is 10.5 Å². The summed E-state index contributed by atoms with van der Waals surface area (Å²) < 4.78 is 0. The summed E-state index contributed by atoms with van der Waals surface area (Å²) in [7, 11) is 0. The fraction of sp³-hybridized carbons (Fsp3) is 0.375. The van der Waals surface area contributed by atoms with Crippen LogP contribution in [0.2, 0.25) is 0 Å². The van der Waals surface area contributed by atoms with E-state index in [-0.39, 0.29) is 17.7 Å². The Labute approximate surface area is 134 Å². The number of hydrogen-bond acceptors (Lipinski definition) is 3. The zero-order valence-corrected chi connectivity index (χ0v) is 13.2. The number of anilines is 1. The standard InChI is InChI=1S/C16H21N3O2S/c17-15(20)11-22-14-9-5-4-8-13(14)19-16(21)18-10-12-6-2-1-3-7-12/h1-2,4-5,8-9,12H,3,6-7,10-11H2,(H2,17,20)(H2,18,19,21)/t12-/m0/s1. The molecule has 1 aliphatic carbocycles. The third-order valence-corrected chi connectivity index (χ3v) is 4.53. The van der Waals surface area contributed by atoms with E-state index in [1.807, 2.05) is 24.3 Å². The van der Waals surface area contributed by atoms with E-state index >= 15 is 0 Å². The van der Waals surface area contributed by atoms with Gasteiger partial charge in [0.2, 0.25) is 5.91 Å². The van der Waals surface area contributed by atoms with Gasteiger partial charge < -0.3 is 16.4 Å². The quantitative estimate of drug-likeness (QED) is 0.557. The summed E-state index contributed by atoms with van der Waals surface area (Å²) in [6, 6.07) is 7.15. The van der Waals surface area contributed by atoms with Crippen molar-refractivity contribution in [1.29, 1.82) is 0 Å². The molecule has 3 amide bonds. The van der Waals surface area contributed by atoms with Gasteiger partial charge in [-0.2, -0.15) is 0 Å². The van der Waals surface area contributed by atoms with Crippen LogP contribution in [-0.4, -0.2) is 24.2 Å². The van der Waals surface area contributed by atoms with E-state index < -0.39 is 0 Å². The van der Waals surface area contributed by atoms with Crippen LogP contribution >= 0.6 is 11.8 Å². The average molecular weight is 319 g/mol. The first-order valence-electron chi connectivity index (χ1n) is 7.35. The van der Waals surface area contributed by atoms with Crippen molar-refractivity contribution in [3.8, 4) is 0 Å². The number of rotatable bonds is 6. The predicted molar refractivity (Wildman–Crippen MR) is 89.9 cm³/mol. The van der Waals surface area contributed by atoms with Gasteiger partial charge in [-0.25, -0.2) is 4.79 Å².